The summed E-state index contributed by atoms with van der Waals surface area (Å²) >= 11 is 0. The van der Waals surface area contributed by atoms with E-state index in [1.165, 1.54) is 5.69 Å². The van der Waals surface area contributed by atoms with E-state index in [1.54, 1.807) is 26.2 Å². The molecule has 5 nitrogen and oxygen atoms in total. The molecular formula is C20H26N2O3S. The summed E-state index contributed by atoms with van der Waals surface area (Å²) in [6.45, 7) is 5.93. The molecule has 1 heterocycles. The minimum atomic E-state index is -3.53. The number of rotatable bonds is 6. The molecular weight excluding hydrogens is 348 g/mol. The lowest BCUT2D eigenvalue weighted by Crippen LogP contribution is -2.31. The number of aryl methyl sites for hydroxylation is 2. The molecule has 0 saturated carbocycles. The molecule has 1 saturated heterocycles. The van der Waals surface area contributed by atoms with Crippen molar-refractivity contribution in [3.05, 3.63) is 53.6 Å². The van der Waals surface area contributed by atoms with Crippen molar-refractivity contribution in [2.75, 3.05) is 31.6 Å². The summed E-state index contributed by atoms with van der Waals surface area (Å²) in [4.78, 5) is 2.63. The third kappa shape index (κ3) is 4.02. The Morgan fingerprint density at radius 1 is 1.15 bits per heavy atom. The SMILES string of the molecule is COc1cc(C)c(S(=O)(=O)NCC2CCN(c3ccccc3)C2)cc1C. The Morgan fingerprint density at radius 2 is 1.88 bits per heavy atom. The molecule has 1 aliphatic rings. The van der Waals surface area contributed by atoms with E-state index in [9.17, 15) is 8.42 Å². The molecule has 1 N–H and O–H groups in total. The third-order valence-electron chi connectivity index (χ3n) is 4.95. The predicted octanol–water partition coefficient (Wildman–Crippen LogP) is 3.12. The average Bonchev–Trinajstić information content (AvgIpc) is 3.11. The van der Waals surface area contributed by atoms with Crippen molar-refractivity contribution in [1.29, 1.82) is 0 Å². The second-order valence-corrected chi connectivity index (χ2v) is 8.61. The molecule has 0 radical (unpaired) electrons. The second kappa shape index (κ2) is 7.68. The summed E-state index contributed by atoms with van der Waals surface area (Å²) in [5.41, 5.74) is 2.70. The Morgan fingerprint density at radius 3 is 2.58 bits per heavy atom. The second-order valence-electron chi connectivity index (χ2n) is 6.88. The van der Waals surface area contributed by atoms with E-state index in [1.807, 2.05) is 25.1 Å². The fourth-order valence-electron chi connectivity index (χ4n) is 3.45. The predicted molar refractivity (Wildman–Crippen MR) is 104 cm³/mol. The first-order valence-electron chi connectivity index (χ1n) is 8.85. The molecule has 2 aromatic rings. The first-order chi connectivity index (χ1) is 12.4. The largest absolute Gasteiger partial charge is 0.496 e. The van der Waals surface area contributed by atoms with Crippen LogP contribution in [0, 0.1) is 19.8 Å². The van der Waals surface area contributed by atoms with Gasteiger partial charge in [-0.15, -0.1) is 0 Å². The summed E-state index contributed by atoms with van der Waals surface area (Å²) in [5.74, 6) is 1.01. The molecule has 1 aliphatic heterocycles. The molecule has 6 heteroatoms. The lowest BCUT2D eigenvalue weighted by atomic mass is 10.1. The Kier molecular flexibility index (Phi) is 5.53. The van der Waals surface area contributed by atoms with Gasteiger partial charge in [0.25, 0.3) is 0 Å². The van der Waals surface area contributed by atoms with Crippen molar-refractivity contribution in [1.82, 2.24) is 4.72 Å². The van der Waals surface area contributed by atoms with Crippen LogP contribution >= 0.6 is 0 Å². The number of anilines is 1. The number of nitrogens with zero attached hydrogens (tertiary/aromatic N) is 1. The van der Waals surface area contributed by atoms with Gasteiger partial charge in [-0.3, -0.25) is 0 Å². The van der Waals surface area contributed by atoms with Gasteiger partial charge in [-0.05, 0) is 61.6 Å². The van der Waals surface area contributed by atoms with E-state index in [-0.39, 0.29) is 0 Å². The molecule has 0 aliphatic carbocycles. The normalized spacial score (nSPS) is 17.5. The van der Waals surface area contributed by atoms with E-state index >= 15 is 0 Å². The number of benzene rings is 2. The number of para-hydroxylation sites is 1. The number of nitrogens with one attached hydrogen (secondary N) is 1. The Labute approximate surface area is 156 Å². The number of methoxy groups -OCH3 is 1. The summed E-state index contributed by atoms with van der Waals surface area (Å²) in [6, 6.07) is 13.7. The average molecular weight is 375 g/mol. The lowest BCUT2D eigenvalue weighted by molar-refractivity contribution is 0.411. The van der Waals surface area contributed by atoms with Crippen LogP contribution in [-0.4, -0.2) is 35.2 Å². The van der Waals surface area contributed by atoms with Crippen molar-refractivity contribution in [2.24, 2.45) is 5.92 Å². The molecule has 0 spiro atoms. The monoisotopic (exact) mass is 374 g/mol. The van der Waals surface area contributed by atoms with Crippen molar-refractivity contribution < 1.29 is 13.2 Å². The Hall–Kier alpha value is -2.05. The number of ether oxygens (including phenoxy) is 1. The highest BCUT2D eigenvalue weighted by atomic mass is 32.2. The van der Waals surface area contributed by atoms with Crippen molar-refractivity contribution in [2.45, 2.75) is 25.2 Å². The topological polar surface area (TPSA) is 58.6 Å². The van der Waals surface area contributed by atoms with Crippen LogP contribution in [0.25, 0.3) is 0 Å². The minimum absolute atomic E-state index is 0.310. The van der Waals surface area contributed by atoms with Crippen molar-refractivity contribution in [3.63, 3.8) is 0 Å². The molecule has 3 rings (SSSR count). The van der Waals surface area contributed by atoms with Gasteiger partial charge in [0.15, 0.2) is 0 Å². The van der Waals surface area contributed by atoms with Crippen LogP contribution in [0.15, 0.2) is 47.4 Å². The van der Waals surface area contributed by atoms with Gasteiger partial charge in [0, 0.05) is 25.3 Å². The fraction of sp³-hybridized carbons (Fsp3) is 0.400. The quantitative estimate of drug-likeness (QED) is 0.844. The van der Waals surface area contributed by atoms with Crippen LogP contribution < -0.4 is 14.4 Å². The van der Waals surface area contributed by atoms with Gasteiger partial charge in [0.1, 0.15) is 5.75 Å². The van der Waals surface area contributed by atoms with E-state index in [2.05, 4.69) is 21.8 Å². The van der Waals surface area contributed by atoms with Crippen LogP contribution in [0.1, 0.15) is 17.5 Å². The Balaban J connectivity index is 1.65. The molecule has 140 valence electrons. The third-order valence-corrected chi connectivity index (χ3v) is 6.52. The smallest absolute Gasteiger partial charge is 0.240 e. The molecule has 0 aromatic heterocycles. The molecule has 0 amide bonds. The first kappa shape index (κ1) is 18.7. The number of hydrogen-bond acceptors (Lipinski definition) is 4. The van der Waals surface area contributed by atoms with Crippen molar-refractivity contribution >= 4 is 15.7 Å². The molecule has 1 atom stereocenters. The summed E-state index contributed by atoms with van der Waals surface area (Å²) in [6.07, 6.45) is 0.984. The standard InChI is InChI=1S/C20H26N2O3S/c1-15-12-20(16(2)11-19(15)25-3)26(23,24)21-13-17-9-10-22(14-17)18-7-5-4-6-8-18/h4-8,11-12,17,21H,9-10,13-14H2,1-3H3. The summed E-state index contributed by atoms with van der Waals surface area (Å²) in [7, 11) is -1.94. The zero-order valence-corrected chi connectivity index (χ0v) is 16.3. The number of sulfonamides is 1. The van der Waals surface area contributed by atoms with Gasteiger partial charge >= 0.3 is 0 Å². The van der Waals surface area contributed by atoms with Gasteiger partial charge in [-0.2, -0.15) is 0 Å². The van der Waals surface area contributed by atoms with Gasteiger partial charge in [-0.1, -0.05) is 18.2 Å². The van der Waals surface area contributed by atoms with Gasteiger partial charge in [-0.25, -0.2) is 13.1 Å². The van der Waals surface area contributed by atoms with E-state index < -0.39 is 10.0 Å². The maximum Gasteiger partial charge on any atom is 0.240 e. The maximum absolute atomic E-state index is 12.7. The van der Waals surface area contributed by atoms with E-state index in [0.717, 1.165) is 25.1 Å². The van der Waals surface area contributed by atoms with Crippen LogP contribution in [0.4, 0.5) is 5.69 Å². The Bertz CT molecular complexity index is 866. The number of hydrogen-bond donors (Lipinski definition) is 1. The molecule has 1 fully saturated rings. The van der Waals surface area contributed by atoms with Crippen molar-refractivity contribution in [3.8, 4) is 5.75 Å². The van der Waals surface area contributed by atoms with Gasteiger partial charge in [0.05, 0.1) is 12.0 Å². The lowest BCUT2D eigenvalue weighted by Gasteiger charge is -2.19. The highest BCUT2D eigenvalue weighted by Gasteiger charge is 2.25. The zero-order chi connectivity index (χ0) is 18.7. The molecule has 26 heavy (non-hydrogen) atoms. The van der Waals surface area contributed by atoms with Crippen LogP contribution in [0.3, 0.4) is 0 Å². The maximum atomic E-state index is 12.7. The summed E-state index contributed by atoms with van der Waals surface area (Å²) in [5, 5.41) is 0. The zero-order valence-electron chi connectivity index (χ0n) is 15.5. The van der Waals surface area contributed by atoms with Crippen LogP contribution in [0.2, 0.25) is 0 Å². The minimum Gasteiger partial charge on any atom is -0.496 e. The molecule has 0 bridgehead atoms. The fourth-order valence-corrected chi connectivity index (χ4v) is 4.88. The molecule has 1 unspecified atom stereocenters. The highest BCUT2D eigenvalue weighted by molar-refractivity contribution is 7.89. The molecule has 2 aromatic carbocycles. The van der Waals surface area contributed by atoms with Gasteiger partial charge in [0.2, 0.25) is 10.0 Å². The summed E-state index contributed by atoms with van der Waals surface area (Å²) < 4.78 is 33.6. The van der Waals surface area contributed by atoms with E-state index in [0.29, 0.717) is 28.7 Å². The first-order valence-corrected chi connectivity index (χ1v) is 10.3. The van der Waals surface area contributed by atoms with E-state index in [4.69, 9.17) is 4.74 Å². The highest BCUT2D eigenvalue weighted by Crippen LogP contribution is 2.26. The van der Waals surface area contributed by atoms with Crippen LogP contribution in [-0.2, 0) is 10.0 Å². The van der Waals surface area contributed by atoms with Gasteiger partial charge < -0.3 is 9.64 Å². The van der Waals surface area contributed by atoms with Crippen LogP contribution in [0.5, 0.6) is 5.75 Å².